The minimum Gasteiger partial charge on any atom is -0.378 e. The molecular formula is C20H16FN3O4S2. The summed E-state index contributed by atoms with van der Waals surface area (Å²) in [6.07, 6.45) is 1.61. The Morgan fingerprint density at radius 2 is 1.97 bits per heavy atom. The lowest BCUT2D eigenvalue weighted by molar-refractivity contribution is -0.384. The quantitative estimate of drug-likeness (QED) is 0.305. The van der Waals surface area contributed by atoms with Crippen LogP contribution in [0.5, 0.6) is 0 Å². The first kappa shape index (κ1) is 20.5. The van der Waals surface area contributed by atoms with Gasteiger partial charge < -0.3 is 9.64 Å². The Kier molecular flexibility index (Phi) is 5.80. The molecule has 2 aromatic carbocycles. The third-order valence-corrected chi connectivity index (χ3v) is 6.02. The van der Waals surface area contributed by atoms with E-state index in [1.54, 1.807) is 18.2 Å². The number of non-ortho nitro benzene ring substituents is 1. The van der Waals surface area contributed by atoms with Crippen molar-refractivity contribution in [2.24, 2.45) is 0 Å². The molecule has 0 radical (unpaired) electrons. The lowest BCUT2D eigenvalue weighted by Gasteiger charge is -2.30. The maximum atomic E-state index is 13.6. The summed E-state index contributed by atoms with van der Waals surface area (Å²) in [5, 5.41) is 11.3. The smallest absolute Gasteiger partial charge is 0.270 e. The van der Waals surface area contributed by atoms with Crippen molar-refractivity contribution in [3.8, 4) is 0 Å². The van der Waals surface area contributed by atoms with Crippen LogP contribution in [0.25, 0.3) is 6.08 Å². The average molecular weight is 445 g/mol. The van der Waals surface area contributed by atoms with Crippen LogP contribution in [0.15, 0.2) is 47.4 Å². The molecule has 10 heteroatoms. The number of anilines is 2. The van der Waals surface area contributed by atoms with Crippen molar-refractivity contribution in [2.75, 3.05) is 36.1 Å². The van der Waals surface area contributed by atoms with E-state index in [-0.39, 0.29) is 10.0 Å². The number of morpholine rings is 1. The molecule has 30 heavy (non-hydrogen) atoms. The highest BCUT2D eigenvalue weighted by molar-refractivity contribution is 8.27. The lowest BCUT2D eigenvalue weighted by atomic mass is 10.1. The van der Waals surface area contributed by atoms with Crippen LogP contribution in [0.2, 0.25) is 0 Å². The van der Waals surface area contributed by atoms with E-state index < -0.39 is 16.6 Å². The standard InChI is InChI=1S/C20H16FN3O4S2/c21-14-2-1-3-15(12-14)23-19(25)18(30-20(23)29)11-13-10-16(24(26)27)4-5-17(13)22-6-8-28-9-7-22/h1-5,10-12H,6-9H2/b18-11+. The Hall–Kier alpha value is -2.82. The minimum absolute atomic E-state index is 0.0705. The molecule has 0 bridgehead atoms. The zero-order chi connectivity index (χ0) is 21.3. The number of nitrogens with zero attached hydrogens (tertiary/aromatic N) is 3. The number of hydrogen-bond donors (Lipinski definition) is 0. The van der Waals surface area contributed by atoms with Crippen LogP contribution in [-0.4, -0.2) is 41.5 Å². The first-order valence-electron chi connectivity index (χ1n) is 9.09. The highest BCUT2D eigenvalue weighted by atomic mass is 32.2. The number of benzene rings is 2. The molecule has 2 aliphatic rings. The third-order valence-electron chi connectivity index (χ3n) is 4.72. The van der Waals surface area contributed by atoms with Gasteiger partial charge in [0.05, 0.1) is 28.7 Å². The van der Waals surface area contributed by atoms with Gasteiger partial charge in [0, 0.05) is 36.5 Å². The molecule has 0 spiro atoms. The van der Waals surface area contributed by atoms with Gasteiger partial charge >= 0.3 is 0 Å². The topological polar surface area (TPSA) is 75.9 Å². The summed E-state index contributed by atoms with van der Waals surface area (Å²) in [6.45, 7) is 2.39. The van der Waals surface area contributed by atoms with Crippen molar-refractivity contribution in [3.05, 3.63) is 68.9 Å². The van der Waals surface area contributed by atoms with Crippen LogP contribution in [0.4, 0.5) is 21.5 Å². The van der Waals surface area contributed by atoms with Gasteiger partial charge in [-0.1, -0.05) is 30.0 Å². The lowest BCUT2D eigenvalue weighted by Crippen LogP contribution is -2.36. The second kappa shape index (κ2) is 8.50. The summed E-state index contributed by atoms with van der Waals surface area (Å²) >= 11 is 6.41. The van der Waals surface area contributed by atoms with Crippen LogP contribution >= 0.6 is 24.0 Å². The number of ether oxygens (including phenoxy) is 1. The maximum absolute atomic E-state index is 13.6. The van der Waals surface area contributed by atoms with Gasteiger partial charge in [0.15, 0.2) is 4.32 Å². The molecule has 1 amide bonds. The Labute approximate surface area is 181 Å². The Balaban J connectivity index is 1.73. The summed E-state index contributed by atoms with van der Waals surface area (Å²) in [5.74, 6) is -0.867. The van der Waals surface area contributed by atoms with Crippen LogP contribution in [0.1, 0.15) is 5.56 Å². The van der Waals surface area contributed by atoms with Crippen molar-refractivity contribution in [3.63, 3.8) is 0 Å². The normalized spacial score (nSPS) is 18.4. The molecule has 2 heterocycles. The Bertz CT molecular complexity index is 1070. The zero-order valence-electron chi connectivity index (χ0n) is 15.6. The van der Waals surface area contributed by atoms with Gasteiger partial charge in [-0.3, -0.25) is 19.8 Å². The average Bonchev–Trinajstić information content (AvgIpc) is 3.01. The third kappa shape index (κ3) is 4.07. The first-order valence-corrected chi connectivity index (χ1v) is 10.3. The molecule has 0 saturated carbocycles. The van der Waals surface area contributed by atoms with E-state index in [1.807, 2.05) is 0 Å². The van der Waals surface area contributed by atoms with Gasteiger partial charge in [-0.2, -0.15) is 0 Å². The second-order valence-corrected chi connectivity index (χ2v) is 8.27. The molecule has 0 aromatic heterocycles. The van der Waals surface area contributed by atoms with Gasteiger partial charge in [-0.15, -0.1) is 0 Å². The fraction of sp³-hybridized carbons (Fsp3) is 0.200. The van der Waals surface area contributed by atoms with Gasteiger partial charge in [-0.05, 0) is 30.3 Å². The van der Waals surface area contributed by atoms with Crippen molar-refractivity contribution in [1.29, 1.82) is 0 Å². The SMILES string of the molecule is O=C1/C(=C\c2cc([N+](=O)[O-])ccc2N2CCOCC2)SC(=S)N1c1cccc(F)c1. The van der Waals surface area contributed by atoms with Crippen molar-refractivity contribution in [1.82, 2.24) is 0 Å². The number of rotatable bonds is 4. The summed E-state index contributed by atoms with van der Waals surface area (Å²) < 4.78 is 19.3. The largest absolute Gasteiger partial charge is 0.378 e. The van der Waals surface area contributed by atoms with E-state index in [0.717, 1.165) is 17.4 Å². The highest BCUT2D eigenvalue weighted by Gasteiger charge is 2.34. The van der Waals surface area contributed by atoms with Crippen LogP contribution in [0.3, 0.4) is 0 Å². The van der Waals surface area contributed by atoms with Gasteiger partial charge in [-0.25, -0.2) is 4.39 Å². The van der Waals surface area contributed by atoms with E-state index in [4.69, 9.17) is 17.0 Å². The van der Waals surface area contributed by atoms with Gasteiger partial charge in [0.2, 0.25) is 0 Å². The molecule has 0 atom stereocenters. The van der Waals surface area contributed by atoms with E-state index >= 15 is 0 Å². The highest BCUT2D eigenvalue weighted by Crippen LogP contribution is 2.38. The molecule has 0 N–H and O–H groups in total. The molecule has 154 valence electrons. The van der Waals surface area contributed by atoms with Crippen LogP contribution in [0, 0.1) is 15.9 Å². The number of carbonyl (C=O) groups excluding carboxylic acids is 1. The van der Waals surface area contributed by atoms with Crippen LogP contribution < -0.4 is 9.80 Å². The summed E-state index contributed by atoms with van der Waals surface area (Å²) in [4.78, 5) is 27.4. The molecule has 7 nitrogen and oxygen atoms in total. The molecule has 4 rings (SSSR count). The minimum atomic E-state index is -0.474. The summed E-state index contributed by atoms with van der Waals surface area (Å²) in [7, 11) is 0. The summed E-state index contributed by atoms with van der Waals surface area (Å²) in [6, 6.07) is 10.2. The summed E-state index contributed by atoms with van der Waals surface area (Å²) in [5.41, 5.74) is 1.60. The fourth-order valence-electron chi connectivity index (χ4n) is 3.31. The first-order chi connectivity index (χ1) is 14.4. The van der Waals surface area contributed by atoms with Gasteiger partial charge in [0.1, 0.15) is 5.82 Å². The number of thioether (sulfide) groups is 1. The molecule has 2 saturated heterocycles. The number of thiocarbonyl (C=S) groups is 1. The fourth-order valence-corrected chi connectivity index (χ4v) is 4.60. The predicted octanol–water partition coefficient (Wildman–Crippen LogP) is 3.98. The maximum Gasteiger partial charge on any atom is 0.270 e. The molecule has 2 aliphatic heterocycles. The zero-order valence-corrected chi connectivity index (χ0v) is 17.2. The van der Waals surface area contributed by atoms with Crippen molar-refractivity contribution >= 4 is 57.3 Å². The number of nitro benzene ring substituents is 1. The number of amides is 1. The monoisotopic (exact) mass is 445 g/mol. The van der Waals surface area contributed by atoms with Crippen molar-refractivity contribution in [2.45, 2.75) is 0 Å². The van der Waals surface area contributed by atoms with Crippen molar-refractivity contribution < 1.29 is 18.8 Å². The number of carbonyl (C=O) groups is 1. The van der Waals surface area contributed by atoms with E-state index in [2.05, 4.69) is 4.90 Å². The van der Waals surface area contributed by atoms with E-state index in [0.29, 0.717) is 42.5 Å². The predicted molar refractivity (Wildman–Crippen MR) is 118 cm³/mol. The Morgan fingerprint density at radius 3 is 2.67 bits per heavy atom. The van der Waals surface area contributed by atoms with E-state index in [9.17, 15) is 19.3 Å². The number of hydrogen-bond acceptors (Lipinski definition) is 7. The van der Waals surface area contributed by atoms with E-state index in [1.165, 1.54) is 35.2 Å². The molecular weight excluding hydrogens is 429 g/mol. The van der Waals surface area contributed by atoms with Crippen LogP contribution in [-0.2, 0) is 9.53 Å². The molecule has 0 aliphatic carbocycles. The van der Waals surface area contributed by atoms with Gasteiger partial charge in [0.25, 0.3) is 11.6 Å². The Morgan fingerprint density at radius 1 is 1.20 bits per heavy atom. The number of halogens is 1. The second-order valence-electron chi connectivity index (χ2n) is 6.60. The molecule has 2 aromatic rings. The molecule has 2 fully saturated rings. The molecule has 0 unspecified atom stereocenters. The number of nitro groups is 1.